The third-order valence-corrected chi connectivity index (χ3v) is 4.30. The highest BCUT2D eigenvalue weighted by Gasteiger charge is 2.08. The van der Waals surface area contributed by atoms with Gasteiger partial charge in [-0.05, 0) is 64.7 Å². The molecule has 7 nitrogen and oxygen atoms in total. The number of hydrogen-bond acceptors (Lipinski definition) is 5. The van der Waals surface area contributed by atoms with E-state index in [4.69, 9.17) is 25.4 Å². The summed E-state index contributed by atoms with van der Waals surface area (Å²) in [5.74, 6) is -1.18. The highest BCUT2D eigenvalue weighted by molar-refractivity contribution is 5.91. The van der Waals surface area contributed by atoms with Crippen molar-refractivity contribution in [1.82, 2.24) is 0 Å². The van der Waals surface area contributed by atoms with Gasteiger partial charge < -0.3 is 25.4 Å². The van der Waals surface area contributed by atoms with E-state index >= 15 is 0 Å². The molecule has 3 aromatic rings. The van der Waals surface area contributed by atoms with Crippen molar-refractivity contribution in [3.05, 3.63) is 89.5 Å². The Morgan fingerprint density at radius 1 is 0.710 bits per heavy atom. The molecule has 0 unspecified atom stereocenters. The van der Waals surface area contributed by atoms with Crippen LogP contribution in [0.15, 0.2) is 72.8 Å². The molecule has 158 valence electrons. The van der Waals surface area contributed by atoms with Crippen LogP contribution in [0, 0.1) is 0 Å². The topological polar surface area (TPSA) is 119 Å². The first kappa shape index (κ1) is 21.4. The number of carboxylic acid groups (broad SMARTS) is 2. The molecule has 0 spiro atoms. The van der Waals surface area contributed by atoms with E-state index in [0.717, 1.165) is 22.3 Å². The molecule has 0 bridgehead atoms. The standard InChI is InChI=1S/C24H21NO6/c25-19-7-1-16(2-8-19)13-22(17-3-9-20(10-4-17)30-14-23(26)27)18-5-11-21(12-6-18)31-15-24(28)29/h1-13H,14-15,25H2,(H,26,27)(H,28,29). The first-order chi connectivity index (χ1) is 14.9. The molecule has 0 saturated heterocycles. The maximum atomic E-state index is 10.7. The van der Waals surface area contributed by atoms with Crippen LogP contribution in [0.2, 0.25) is 0 Å². The van der Waals surface area contributed by atoms with Gasteiger partial charge in [0.15, 0.2) is 13.2 Å². The molecule has 4 N–H and O–H groups in total. The predicted molar refractivity (Wildman–Crippen MR) is 117 cm³/mol. The Hall–Kier alpha value is -4.26. The van der Waals surface area contributed by atoms with E-state index in [0.29, 0.717) is 17.2 Å². The number of anilines is 1. The zero-order chi connectivity index (χ0) is 22.2. The number of nitrogens with two attached hydrogens (primary N) is 1. The van der Waals surface area contributed by atoms with E-state index in [1.807, 2.05) is 54.6 Å². The van der Waals surface area contributed by atoms with E-state index in [-0.39, 0.29) is 0 Å². The summed E-state index contributed by atoms with van der Waals surface area (Å²) in [6.45, 7) is -0.823. The van der Waals surface area contributed by atoms with Crippen LogP contribution < -0.4 is 15.2 Å². The fourth-order valence-electron chi connectivity index (χ4n) is 2.84. The summed E-state index contributed by atoms with van der Waals surface area (Å²) < 4.78 is 10.4. The zero-order valence-corrected chi connectivity index (χ0v) is 16.5. The molecule has 0 fully saturated rings. The summed E-state index contributed by atoms with van der Waals surface area (Å²) in [7, 11) is 0. The fraction of sp³-hybridized carbons (Fsp3) is 0.0833. The minimum Gasteiger partial charge on any atom is -0.482 e. The van der Waals surface area contributed by atoms with Crippen LogP contribution in [0.4, 0.5) is 5.69 Å². The lowest BCUT2D eigenvalue weighted by atomic mass is 9.95. The van der Waals surface area contributed by atoms with E-state index in [9.17, 15) is 9.59 Å². The lowest BCUT2D eigenvalue weighted by molar-refractivity contribution is -0.140. The molecule has 0 aliphatic heterocycles. The molecule has 0 aliphatic carbocycles. The Morgan fingerprint density at radius 2 is 1.13 bits per heavy atom. The van der Waals surface area contributed by atoms with E-state index in [1.165, 1.54) is 0 Å². The van der Waals surface area contributed by atoms with Gasteiger partial charge in [0.05, 0.1) is 0 Å². The number of carboxylic acids is 2. The normalized spacial score (nSPS) is 10.2. The minimum absolute atomic E-state index is 0.411. The Bertz CT molecular complexity index is 1010. The van der Waals surface area contributed by atoms with E-state index < -0.39 is 25.2 Å². The van der Waals surface area contributed by atoms with Crippen molar-refractivity contribution in [3.63, 3.8) is 0 Å². The molecule has 0 atom stereocenters. The molecule has 0 aliphatic rings. The van der Waals surface area contributed by atoms with Crippen molar-refractivity contribution in [2.75, 3.05) is 18.9 Å². The Labute approximate surface area is 179 Å². The van der Waals surface area contributed by atoms with Crippen LogP contribution in [0.5, 0.6) is 11.5 Å². The van der Waals surface area contributed by atoms with Gasteiger partial charge in [-0.1, -0.05) is 36.4 Å². The first-order valence-electron chi connectivity index (χ1n) is 9.38. The molecule has 0 radical (unpaired) electrons. The molecule has 3 aromatic carbocycles. The number of carbonyl (C=O) groups is 2. The Kier molecular flexibility index (Phi) is 6.90. The minimum atomic E-state index is -1.04. The first-order valence-corrected chi connectivity index (χ1v) is 9.38. The maximum Gasteiger partial charge on any atom is 0.341 e. The van der Waals surface area contributed by atoms with Gasteiger partial charge >= 0.3 is 11.9 Å². The maximum absolute atomic E-state index is 10.7. The van der Waals surface area contributed by atoms with Gasteiger partial charge in [-0.15, -0.1) is 0 Å². The van der Waals surface area contributed by atoms with Gasteiger partial charge in [0.25, 0.3) is 0 Å². The smallest absolute Gasteiger partial charge is 0.341 e. The van der Waals surface area contributed by atoms with Crippen molar-refractivity contribution in [3.8, 4) is 11.5 Å². The van der Waals surface area contributed by atoms with E-state index in [2.05, 4.69) is 0 Å². The molecular weight excluding hydrogens is 398 g/mol. The highest BCUT2D eigenvalue weighted by Crippen LogP contribution is 2.29. The van der Waals surface area contributed by atoms with Crippen molar-refractivity contribution in [1.29, 1.82) is 0 Å². The molecule has 3 rings (SSSR count). The van der Waals surface area contributed by atoms with Crippen molar-refractivity contribution >= 4 is 29.3 Å². The summed E-state index contributed by atoms with van der Waals surface area (Å²) in [4.78, 5) is 21.4. The summed E-state index contributed by atoms with van der Waals surface area (Å²) in [5.41, 5.74) is 10.1. The van der Waals surface area contributed by atoms with Crippen LogP contribution in [-0.2, 0) is 9.59 Å². The average molecular weight is 419 g/mol. The van der Waals surface area contributed by atoms with Crippen LogP contribution in [0.1, 0.15) is 16.7 Å². The summed E-state index contributed by atoms with van der Waals surface area (Å²) in [5, 5.41) is 17.5. The van der Waals surface area contributed by atoms with Gasteiger partial charge in [0.2, 0.25) is 0 Å². The molecule has 0 amide bonds. The third kappa shape index (κ3) is 6.37. The highest BCUT2D eigenvalue weighted by atomic mass is 16.5. The van der Waals surface area contributed by atoms with Gasteiger partial charge in [0, 0.05) is 5.69 Å². The Balaban J connectivity index is 1.92. The number of rotatable bonds is 9. The number of benzene rings is 3. The third-order valence-electron chi connectivity index (χ3n) is 4.30. The molecule has 7 heteroatoms. The van der Waals surface area contributed by atoms with Gasteiger partial charge in [-0.25, -0.2) is 9.59 Å². The number of ether oxygens (including phenoxy) is 2. The second-order valence-electron chi connectivity index (χ2n) is 6.64. The van der Waals surface area contributed by atoms with Crippen LogP contribution >= 0.6 is 0 Å². The summed E-state index contributed by atoms with van der Waals surface area (Å²) in [6.07, 6.45) is 2.00. The summed E-state index contributed by atoms with van der Waals surface area (Å²) >= 11 is 0. The predicted octanol–water partition coefficient (Wildman–Crippen LogP) is 3.78. The Morgan fingerprint density at radius 3 is 1.52 bits per heavy atom. The quantitative estimate of drug-likeness (QED) is 0.357. The van der Waals surface area contributed by atoms with Crippen LogP contribution in [0.3, 0.4) is 0 Å². The van der Waals surface area contributed by atoms with Crippen molar-refractivity contribution in [2.45, 2.75) is 0 Å². The average Bonchev–Trinajstić information content (AvgIpc) is 2.77. The van der Waals surface area contributed by atoms with E-state index in [1.54, 1.807) is 24.3 Å². The van der Waals surface area contributed by atoms with Crippen molar-refractivity contribution in [2.24, 2.45) is 0 Å². The van der Waals surface area contributed by atoms with Crippen LogP contribution in [0.25, 0.3) is 11.6 Å². The second-order valence-corrected chi connectivity index (χ2v) is 6.64. The number of aliphatic carboxylic acids is 2. The van der Waals surface area contributed by atoms with Gasteiger partial charge in [-0.3, -0.25) is 0 Å². The van der Waals surface area contributed by atoms with Crippen molar-refractivity contribution < 1.29 is 29.3 Å². The van der Waals surface area contributed by atoms with Gasteiger partial charge in [-0.2, -0.15) is 0 Å². The largest absolute Gasteiger partial charge is 0.482 e. The summed E-state index contributed by atoms with van der Waals surface area (Å²) in [6, 6.07) is 21.6. The molecular formula is C24H21NO6. The second kappa shape index (κ2) is 9.98. The molecule has 0 saturated carbocycles. The molecule has 0 aromatic heterocycles. The molecule has 0 heterocycles. The van der Waals surface area contributed by atoms with Gasteiger partial charge in [0.1, 0.15) is 11.5 Å². The fourth-order valence-corrected chi connectivity index (χ4v) is 2.84. The zero-order valence-electron chi connectivity index (χ0n) is 16.5. The monoisotopic (exact) mass is 419 g/mol. The lowest BCUT2D eigenvalue weighted by Crippen LogP contribution is -2.09. The lowest BCUT2D eigenvalue weighted by Gasteiger charge is -2.12. The SMILES string of the molecule is Nc1ccc(C=C(c2ccc(OCC(=O)O)cc2)c2ccc(OCC(=O)O)cc2)cc1. The number of hydrogen-bond donors (Lipinski definition) is 3. The molecule has 31 heavy (non-hydrogen) atoms. The number of nitrogen functional groups attached to an aromatic ring is 1. The van der Waals surface area contributed by atoms with Crippen LogP contribution in [-0.4, -0.2) is 35.4 Å².